The quantitative estimate of drug-likeness (QED) is 0.424. The second kappa shape index (κ2) is 8.93. The molecule has 0 radical (unpaired) electrons. The zero-order valence-electron chi connectivity index (χ0n) is 7.97. The fourth-order valence-corrected chi connectivity index (χ4v) is 0.876. The molecule has 0 amide bonds. The molecule has 0 fully saturated rings. The molecule has 0 bridgehead atoms. The summed E-state index contributed by atoms with van der Waals surface area (Å²) in [6, 6.07) is 0.397. The van der Waals surface area contributed by atoms with Crippen molar-refractivity contribution in [1.29, 1.82) is 0 Å². The van der Waals surface area contributed by atoms with Crippen molar-refractivity contribution in [2.45, 2.75) is 13.0 Å². The monoisotopic (exact) mass is 176 g/mol. The molecule has 4 heteroatoms. The minimum Gasteiger partial charge on any atom is -0.395 e. The largest absolute Gasteiger partial charge is 0.395 e. The third-order valence-corrected chi connectivity index (χ3v) is 1.54. The van der Waals surface area contributed by atoms with Crippen LogP contribution in [0.25, 0.3) is 0 Å². The first-order chi connectivity index (χ1) is 5.81. The Hall–Kier alpha value is -0.160. The number of methoxy groups -OCH3 is 1. The molecule has 0 saturated heterocycles. The summed E-state index contributed by atoms with van der Waals surface area (Å²) in [6.45, 7) is 5.46. The normalized spacial score (nSPS) is 13.2. The third-order valence-electron chi connectivity index (χ3n) is 1.54. The molecule has 3 N–H and O–H groups in total. The lowest BCUT2D eigenvalue weighted by molar-refractivity contribution is 0.198. The average molecular weight is 176 g/mol. The van der Waals surface area contributed by atoms with E-state index in [1.54, 1.807) is 7.11 Å². The highest BCUT2D eigenvalue weighted by Crippen LogP contribution is 1.76. The molecule has 1 unspecified atom stereocenters. The number of hydrogen-bond acceptors (Lipinski definition) is 4. The molecule has 0 rings (SSSR count). The van der Waals surface area contributed by atoms with Gasteiger partial charge in [0.25, 0.3) is 0 Å². The summed E-state index contributed by atoms with van der Waals surface area (Å²) in [6.07, 6.45) is 0. The summed E-state index contributed by atoms with van der Waals surface area (Å²) in [5.41, 5.74) is 0. The lowest BCUT2D eigenvalue weighted by atomic mass is 10.3. The van der Waals surface area contributed by atoms with Gasteiger partial charge in [0.2, 0.25) is 0 Å². The van der Waals surface area contributed by atoms with Gasteiger partial charge in [-0.25, -0.2) is 0 Å². The molecule has 12 heavy (non-hydrogen) atoms. The van der Waals surface area contributed by atoms with Crippen molar-refractivity contribution >= 4 is 0 Å². The first-order valence-corrected chi connectivity index (χ1v) is 4.35. The van der Waals surface area contributed by atoms with Crippen molar-refractivity contribution in [1.82, 2.24) is 10.6 Å². The summed E-state index contributed by atoms with van der Waals surface area (Å²) in [5, 5.41) is 14.9. The van der Waals surface area contributed by atoms with Gasteiger partial charge < -0.3 is 20.5 Å². The molecule has 74 valence electrons. The first-order valence-electron chi connectivity index (χ1n) is 4.35. The maximum absolute atomic E-state index is 8.52. The van der Waals surface area contributed by atoms with Gasteiger partial charge in [0.15, 0.2) is 0 Å². The fraction of sp³-hybridized carbons (Fsp3) is 1.00. The molecule has 1 atom stereocenters. The van der Waals surface area contributed by atoms with Crippen LogP contribution in [0.2, 0.25) is 0 Å². The Balaban J connectivity index is 3.02. The SMILES string of the molecule is COCCNCC(C)NCCO. The summed E-state index contributed by atoms with van der Waals surface area (Å²) in [5.74, 6) is 0. The van der Waals surface area contributed by atoms with E-state index in [1.807, 2.05) is 0 Å². The minimum atomic E-state index is 0.197. The van der Waals surface area contributed by atoms with E-state index in [0.717, 1.165) is 19.7 Å². The number of aliphatic hydroxyl groups excluding tert-OH is 1. The molecule has 0 aliphatic carbocycles. The van der Waals surface area contributed by atoms with Crippen LogP contribution in [0, 0.1) is 0 Å². The van der Waals surface area contributed by atoms with Crippen LogP contribution in [-0.2, 0) is 4.74 Å². The molecule has 0 heterocycles. The zero-order valence-corrected chi connectivity index (χ0v) is 7.97. The lowest BCUT2D eigenvalue weighted by Crippen LogP contribution is -2.38. The van der Waals surface area contributed by atoms with Crippen LogP contribution in [-0.4, -0.2) is 51.1 Å². The van der Waals surface area contributed by atoms with Gasteiger partial charge in [0.05, 0.1) is 13.2 Å². The highest BCUT2D eigenvalue weighted by atomic mass is 16.5. The van der Waals surface area contributed by atoms with Crippen molar-refractivity contribution in [3.63, 3.8) is 0 Å². The van der Waals surface area contributed by atoms with Gasteiger partial charge in [0, 0.05) is 32.8 Å². The summed E-state index contributed by atoms with van der Waals surface area (Å²) >= 11 is 0. The predicted molar refractivity (Wildman–Crippen MR) is 49.3 cm³/mol. The third kappa shape index (κ3) is 7.94. The molecule has 0 saturated carbocycles. The van der Waals surface area contributed by atoms with E-state index in [2.05, 4.69) is 17.6 Å². The Kier molecular flexibility index (Phi) is 8.81. The van der Waals surface area contributed by atoms with Crippen molar-refractivity contribution in [2.75, 3.05) is 40.0 Å². The zero-order chi connectivity index (χ0) is 9.23. The Morgan fingerprint density at radius 1 is 1.42 bits per heavy atom. The van der Waals surface area contributed by atoms with Gasteiger partial charge in [-0.2, -0.15) is 0 Å². The van der Waals surface area contributed by atoms with Gasteiger partial charge in [-0.3, -0.25) is 0 Å². The van der Waals surface area contributed by atoms with Crippen LogP contribution in [0.1, 0.15) is 6.92 Å². The minimum absolute atomic E-state index is 0.197. The molecule has 0 aliphatic rings. The van der Waals surface area contributed by atoms with E-state index in [1.165, 1.54) is 0 Å². The standard InChI is InChI=1S/C8H20N2O2/c1-8(10-3-5-11)7-9-4-6-12-2/h8-11H,3-7H2,1-2H3. The van der Waals surface area contributed by atoms with Gasteiger partial charge >= 0.3 is 0 Å². The van der Waals surface area contributed by atoms with E-state index in [-0.39, 0.29) is 6.61 Å². The maximum Gasteiger partial charge on any atom is 0.0587 e. The predicted octanol–water partition coefficient (Wildman–Crippen LogP) is -0.807. The fourth-order valence-electron chi connectivity index (χ4n) is 0.876. The number of rotatable bonds is 8. The van der Waals surface area contributed by atoms with Crippen molar-refractivity contribution in [3.8, 4) is 0 Å². The van der Waals surface area contributed by atoms with E-state index in [9.17, 15) is 0 Å². The van der Waals surface area contributed by atoms with E-state index >= 15 is 0 Å². The van der Waals surface area contributed by atoms with Crippen LogP contribution < -0.4 is 10.6 Å². The molecule has 0 aromatic rings. The second-order valence-electron chi connectivity index (χ2n) is 2.78. The van der Waals surface area contributed by atoms with Crippen LogP contribution >= 0.6 is 0 Å². The molecule has 0 spiro atoms. The maximum atomic E-state index is 8.52. The molecular weight excluding hydrogens is 156 g/mol. The van der Waals surface area contributed by atoms with Crippen LogP contribution in [0.4, 0.5) is 0 Å². The highest BCUT2D eigenvalue weighted by Gasteiger charge is 1.97. The van der Waals surface area contributed by atoms with Crippen molar-refractivity contribution in [2.24, 2.45) is 0 Å². The molecule has 0 aliphatic heterocycles. The molecule has 4 nitrogen and oxygen atoms in total. The smallest absolute Gasteiger partial charge is 0.0587 e. The summed E-state index contributed by atoms with van der Waals surface area (Å²) in [4.78, 5) is 0. The Labute approximate surface area is 74.3 Å². The van der Waals surface area contributed by atoms with Crippen molar-refractivity contribution < 1.29 is 9.84 Å². The number of aliphatic hydroxyl groups is 1. The number of ether oxygens (including phenoxy) is 1. The average Bonchev–Trinajstić information content (AvgIpc) is 2.09. The van der Waals surface area contributed by atoms with Crippen LogP contribution in [0.3, 0.4) is 0 Å². The molecule has 0 aromatic heterocycles. The van der Waals surface area contributed by atoms with Crippen LogP contribution in [0.15, 0.2) is 0 Å². The van der Waals surface area contributed by atoms with Gasteiger partial charge in [0.1, 0.15) is 0 Å². The van der Waals surface area contributed by atoms with Crippen molar-refractivity contribution in [3.05, 3.63) is 0 Å². The van der Waals surface area contributed by atoms with Crippen LogP contribution in [0.5, 0.6) is 0 Å². The molecule has 0 aromatic carbocycles. The van der Waals surface area contributed by atoms with Gasteiger partial charge in [-0.15, -0.1) is 0 Å². The lowest BCUT2D eigenvalue weighted by Gasteiger charge is -2.13. The Morgan fingerprint density at radius 3 is 2.75 bits per heavy atom. The topological polar surface area (TPSA) is 53.5 Å². The number of nitrogens with one attached hydrogen (secondary N) is 2. The molecular formula is C8H20N2O2. The first kappa shape index (κ1) is 11.8. The van der Waals surface area contributed by atoms with E-state index in [0.29, 0.717) is 12.6 Å². The second-order valence-corrected chi connectivity index (χ2v) is 2.78. The highest BCUT2D eigenvalue weighted by molar-refractivity contribution is 4.62. The Morgan fingerprint density at radius 2 is 2.17 bits per heavy atom. The summed E-state index contributed by atoms with van der Waals surface area (Å²) < 4.78 is 4.88. The van der Waals surface area contributed by atoms with E-state index < -0.39 is 0 Å². The Bertz CT molecular complexity index is 91.1. The van der Waals surface area contributed by atoms with E-state index in [4.69, 9.17) is 9.84 Å². The van der Waals surface area contributed by atoms with Gasteiger partial charge in [-0.05, 0) is 6.92 Å². The summed E-state index contributed by atoms with van der Waals surface area (Å²) in [7, 11) is 1.69. The number of hydrogen-bond donors (Lipinski definition) is 3. The van der Waals surface area contributed by atoms with Gasteiger partial charge in [-0.1, -0.05) is 0 Å².